The van der Waals surface area contributed by atoms with E-state index in [0.29, 0.717) is 18.7 Å². The number of aromatic nitrogens is 1. The number of hydrogen-bond acceptors (Lipinski definition) is 3. The lowest BCUT2D eigenvalue weighted by Gasteiger charge is -2.23. The van der Waals surface area contributed by atoms with Gasteiger partial charge in [0.15, 0.2) is 0 Å². The Labute approximate surface area is 151 Å². The van der Waals surface area contributed by atoms with Crippen molar-refractivity contribution in [3.63, 3.8) is 0 Å². The zero-order chi connectivity index (χ0) is 17.9. The van der Waals surface area contributed by atoms with Crippen LogP contribution in [0.3, 0.4) is 0 Å². The second-order valence-corrected chi connectivity index (χ2v) is 6.58. The standard InChI is InChI=1S/C21H20N2O3/c24-20(11-15-12-21(25)26-19-8-4-2-6-17(15)19)22-10-9-14-13-23-18-7-3-1-5-16(14)18/h1-8,13,15,23H,9-12H2,(H,22,24)/t15-/m1/s1. The third-order valence-corrected chi connectivity index (χ3v) is 4.82. The number of para-hydroxylation sites is 2. The van der Waals surface area contributed by atoms with Crippen molar-refractivity contribution < 1.29 is 14.3 Å². The maximum Gasteiger partial charge on any atom is 0.311 e. The zero-order valence-electron chi connectivity index (χ0n) is 14.3. The van der Waals surface area contributed by atoms with Crippen LogP contribution in [-0.2, 0) is 16.0 Å². The third kappa shape index (κ3) is 3.33. The van der Waals surface area contributed by atoms with E-state index < -0.39 is 0 Å². The van der Waals surface area contributed by atoms with Crippen LogP contribution in [0.1, 0.15) is 29.9 Å². The SMILES string of the molecule is O=C(C[C@@H]1CC(=O)Oc2ccccc21)NCCc1c[nH]c2ccccc12. The summed E-state index contributed by atoms with van der Waals surface area (Å²) in [6.45, 7) is 0.569. The van der Waals surface area contributed by atoms with Crippen molar-refractivity contribution in [2.45, 2.75) is 25.2 Å². The topological polar surface area (TPSA) is 71.2 Å². The molecule has 4 rings (SSSR count). The van der Waals surface area contributed by atoms with Crippen LogP contribution < -0.4 is 10.1 Å². The summed E-state index contributed by atoms with van der Waals surface area (Å²) < 4.78 is 5.24. The van der Waals surface area contributed by atoms with Crippen molar-refractivity contribution in [1.82, 2.24) is 10.3 Å². The summed E-state index contributed by atoms with van der Waals surface area (Å²) in [4.78, 5) is 27.3. The Morgan fingerprint density at radius 2 is 1.96 bits per heavy atom. The average molecular weight is 348 g/mol. The third-order valence-electron chi connectivity index (χ3n) is 4.82. The fourth-order valence-electron chi connectivity index (χ4n) is 3.54. The van der Waals surface area contributed by atoms with E-state index in [9.17, 15) is 9.59 Å². The van der Waals surface area contributed by atoms with Crippen LogP contribution >= 0.6 is 0 Å². The molecule has 2 heterocycles. The molecule has 1 aliphatic heterocycles. The number of carbonyl (C=O) groups excluding carboxylic acids is 2. The molecule has 1 aromatic heterocycles. The summed E-state index contributed by atoms with van der Waals surface area (Å²) in [5, 5.41) is 4.16. The molecular weight excluding hydrogens is 328 g/mol. The second-order valence-electron chi connectivity index (χ2n) is 6.58. The molecule has 0 radical (unpaired) electrons. The smallest absolute Gasteiger partial charge is 0.311 e. The van der Waals surface area contributed by atoms with Gasteiger partial charge in [0.2, 0.25) is 5.91 Å². The maximum absolute atomic E-state index is 12.3. The summed E-state index contributed by atoms with van der Waals surface area (Å²) in [5.41, 5.74) is 3.22. The van der Waals surface area contributed by atoms with Crippen molar-refractivity contribution in [1.29, 1.82) is 0 Å². The van der Waals surface area contributed by atoms with Gasteiger partial charge in [0.05, 0.1) is 6.42 Å². The van der Waals surface area contributed by atoms with Crippen LogP contribution in [0.5, 0.6) is 5.75 Å². The summed E-state index contributed by atoms with van der Waals surface area (Å²) in [6.07, 6.45) is 3.29. The lowest BCUT2D eigenvalue weighted by molar-refractivity contribution is -0.136. The number of nitrogens with one attached hydrogen (secondary N) is 2. The van der Waals surface area contributed by atoms with Crippen LogP contribution in [0.25, 0.3) is 10.9 Å². The number of fused-ring (bicyclic) bond motifs is 2. The normalized spacial score (nSPS) is 16.2. The predicted molar refractivity (Wildman–Crippen MR) is 99.1 cm³/mol. The zero-order valence-corrected chi connectivity index (χ0v) is 14.3. The molecule has 3 aromatic rings. The van der Waals surface area contributed by atoms with Crippen molar-refractivity contribution in [3.05, 3.63) is 65.9 Å². The fraction of sp³-hybridized carbons (Fsp3) is 0.238. The summed E-state index contributed by atoms with van der Waals surface area (Å²) >= 11 is 0. The molecule has 0 bridgehead atoms. The number of amides is 1. The Morgan fingerprint density at radius 1 is 1.15 bits per heavy atom. The number of ether oxygens (including phenoxy) is 1. The van der Waals surface area contributed by atoms with E-state index >= 15 is 0 Å². The average Bonchev–Trinajstić information content (AvgIpc) is 3.05. The van der Waals surface area contributed by atoms with Gasteiger partial charge in [-0.1, -0.05) is 36.4 Å². The van der Waals surface area contributed by atoms with Crippen molar-refractivity contribution in [2.24, 2.45) is 0 Å². The quantitative estimate of drug-likeness (QED) is 0.549. The Bertz CT molecular complexity index is 961. The van der Waals surface area contributed by atoms with Gasteiger partial charge in [-0.05, 0) is 29.7 Å². The highest BCUT2D eigenvalue weighted by Crippen LogP contribution is 2.35. The molecule has 0 saturated carbocycles. The molecular formula is C21H20N2O3. The molecule has 0 aliphatic carbocycles. The molecule has 1 amide bonds. The van der Waals surface area contributed by atoms with E-state index in [1.54, 1.807) is 6.07 Å². The predicted octanol–water partition coefficient (Wildman–Crippen LogP) is 3.31. The van der Waals surface area contributed by atoms with E-state index in [1.807, 2.05) is 42.6 Å². The lowest BCUT2D eigenvalue weighted by Crippen LogP contribution is -2.29. The van der Waals surface area contributed by atoms with Crippen molar-refractivity contribution in [3.8, 4) is 5.75 Å². The number of hydrogen-bond donors (Lipinski definition) is 2. The Hall–Kier alpha value is -3.08. The molecule has 2 N–H and O–H groups in total. The Balaban J connectivity index is 1.35. The van der Waals surface area contributed by atoms with Gasteiger partial charge in [0.25, 0.3) is 0 Å². The van der Waals surface area contributed by atoms with E-state index in [-0.39, 0.29) is 24.2 Å². The molecule has 5 nitrogen and oxygen atoms in total. The van der Waals surface area contributed by atoms with Crippen LogP contribution in [-0.4, -0.2) is 23.4 Å². The monoisotopic (exact) mass is 348 g/mol. The van der Waals surface area contributed by atoms with E-state index in [2.05, 4.69) is 16.4 Å². The van der Waals surface area contributed by atoms with Gasteiger partial charge in [0, 0.05) is 36.0 Å². The molecule has 132 valence electrons. The van der Waals surface area contributed by atoms with E-state index in [0.717, 1.165) is 17.5 Å². The van der Waals surface area contributed by atoms with Crippen LogP contribution in [0.15, 0.2) is 54.7 Å². The summed E-state index contributed by atoms with van der Waals surface area (Å²) in [5.74, 6) is 0.125. The molecule has 0 saturated heterocycles. The molecule has 0 fully saturated rings. The first-order valence-electron chi connectivity index (χ1n) is 8.82. The Morgan fingerprint density at radius 3 is 2.88 bits per heavy atom. The van der Waals surface area contributed by atoms with Gasteiger partial charge in [-0.15, -0.1) is 0 Å². The van der Waals surface area contributed by atoms with E-state index in [1.165, 1.54) is 10.9 Å². The summed E-state index contributed by atoms with van der Waals surface area (Å²) in [6, 6.07) is 15.6. The van der Waals surface area contributed by atoms with Crippen molar-refractivity contribution in [2.75, 3.05) is 6.54 Å². The molecule has 1 atom stereocenters. The van der Waals surface area contributed by atoms with Crippen LogP contribution in [0.2, 0.25) is 0 Å². The second kappa shape index (κ2) is 7.04. The minimum Gasteiger partial charge on any atom is -0.426 e. The summed E-state index contributed by atoms with van der Waals surface area (Å²) in [7, 11) is 0. The first-order valence-corrected chi connectivity index (χ1v) is 8.82. The van der Waals surface area contributed by atoms with Crippen LogP contribution in [0.4, 0.5) is 0 Å². The molecule has 1 aliphatic rings. The molecule has 26 heavy (non-hydrogen) atoms. The van der Waals surface area contributed by atoms with Crippen molar-refractivity contribution >= 4 is 22.8 Å². The fourth-order valence-corrected chi connectivity index (χ4v) is 3.54. The number of esters is 1. The number of carbonyl (C=O) groups is 2. The molecule has 2 aromatic carbocycles. The lowest BCUT2D eigenvalue weighted by atomic mass is 9.89. The molecule has 0 spiro atoms. The number of aromatic amines is 1. The highest BCUT2D eigenvalue weighted by molar-refractivity contribution is 5.83. The first kappa shape index (κ1) is 16.4. The highest BCUT2D eigenvalue weighted by atomic mass is 16.5. The number of rotatable bonds is 5. The van der Waals surface area contributed by atoms with Crippen LogP contribution in [0, 0.1) is 0 Å². The Kier molecular flexibility index (Phi) is 4.44. The number of H-pyrrole nitrogens is 1. The largest absolute Gasteiger partial charge is 0.426 e. The van der Waals surface area contributed by atoms with E-state index in [4.69, 9.17) is 4.74 Å². The van der Waals surface area contributed by atoms with Gasteiger partial charge in [-0.3, -0.25) is 9.59 Å². The maximum atomic E-state index is 12.3. The molecule has 0 unspecified atom stereocenters. The van der Waals surface area contributed by atoms with Gasteiger partial charge in [0.1, 0.15) is 5.75 Å². The highest BCUT2D eigenvalue weighted by Gasteiger charge is 2.28. The van der Waals surface area contributed by atoms with Gasteiger partial charge < -0.3 is 15.0 Å². The van der Waals surface area contributed by atoms with Gasteiger partial charge in [-0.25, -0.2) is 0 Å². The first-order chi connectivity index (χ1) is 12.7. The number of benzene rings is 2. The van der Waals surface area contributed by atoms with Gasteiger partial charge in [-0.2, -0.15) is 0 Å². The minimum atomic E-state index is -0.278. The molecule has 5 heteroatoms. The van der Waals surface area contributed by atoms with Gasteiger partial charge >= 0.3 is 5.97 Å². The minimum absolute atomic E-state index is 0.0423.